The van der Waals surface area contributed by atoms with E-state index in [2.05, 4.69) is 16.0 Å². The van der Waals surface area contributed by atoms with Crippen LogP contribution in [-0.2, 0) is 16.0 Å². The fraction of sp³-hybridized carbons (Fsp3) is 0.400. The zero-order valence-electron chi connectivity index (χ0n) is 19.0. The second-order valence-electron chi connectivity index (χ2n) is 8.52. The Kier molecular flexibility index (Phi) is 7.87. The first-order valence-electron chi connectivity index (χ1n) is 11.1. The number of amides is 4. The van der Waals surface area contributed by atoms with Gasteiger partial charge in [0.1, 0.15) is 6.04 Å². The van der Waals surface area contributed by atoms with E-state index in [4.69, 9.17) is 0 Å². The van der Waals surface area contributed by atoms with Gasteiger partial charge in [0.2, 0.25) is 11.8 Å². The van der Waals surface area contributed by atoms with Gasteiger partial charge in [0, 0.05) is 38.2 Å². The zero-order valence-corrected chi connectivity index (χ0v) is 19.0. The third kappa shape index (κ3) is 6.83. The minimum Gasteiger partial charge on any atom is -0.351 e. The molecule has 1 fully saturated rings. The van der Waals surface area contributed by atoms with Crippen molar-refractivity contribution in [1.82, 2.24) is 15.5 Å². The van der Waals surface area contributed by atoms with Crippen molar-refractivity contribution < 1.29 is 14.4 Å². The van der Waals surface area contributed by atoms with E-state index in [1.54, 1.807) is 4.90 Å². The predicted octanol–water partition coefficient (Wildman–Crippen LogP) is 3.16. The van der Waals surface area contributed by atoms with Crippen molar-refractivity contribution in [2.24, 2.45) is 0 Å². The van der Waals surface area contributed by atoms with Crippen molar-refractivity contribution in [3.05, 3.63) is 65.2 Å². The average molecular weight is 437 g/mol. The van der Waals surface area contributed by atoms with E-state index in [-0.39, 0.29) is 23.9 Å². The molecule has 4 amide bonds. The molecule has 0 bridgehead atoms. The number of anilines is 1. The molecule has 7 heteroatoms. The maximum absolute atomic E-state index is 12.9. The maximum atomic E-state index is 12.9. The lowest BCUT2D eigenvalue weighted by Crippen LogP contribution is -2.53. The van der Waals surface area contributed by atoms with E-state index in [0.717, 1.165) is 22.4 Å². The summed E-state index contributed by atoms with van der Waals surface area (Å²) in [4.78, 5) is 38.9. The van der Waals surface area contributed by atoms with Gasteiger partial charge in [0.25, 0.3) is 0 Å². The van der Waals surface area contributed by atoms with E-state index < -0.39 is 6.04 Å². The molecule has 2 aromatic carbocycles. The fourth-order valence-corrected chi connectivity index (χ4v) is 3.98. The summed E-state index contributed by atoms with van der Waals surface area (Å²) in [5.41, 5.74) is 3.98. The summed E-state index contributed by atoms with van der Waals surface area (Å²) in [6, 6.07) is 14.8. The van der Waals surface area contributed by atoms with Crippen LogP contribution in [0, 0.1) is 13.8 Å². The Hall–Kier alpha value is -3.35. The minimum atomic E-state index is -0.628. The lowest BCUT2D eigenvalue weighted by molar-refractivity contribution is -0.128. The number of nitrogens with one attached hydrogen (secondary N) is 3. The van der Waals surface area contributed by atoms with Crippen LogP contribution in [0.25, 0.3) is 0 Å². The molecule has 32 heavy (non-hydrogen) atoms. The number of carbonyl (C=O) groups excluding carboxylic acids is 3. The molecule has 0 aliphatic carbocycles. The SMILES string of the molecule is CC(=O)N[C@H](Cc1cccc(C)c1)C(=O)NC1CCN(C(=O)Nc2cccc(C)c2)CC1. The minimum absolute atomic E-state index is 0.0284. The molecule has 0 saturated carbocycles. The molecule has 1 saturated heterocycles. The summed E-state index contributed by atoms with van der Waals surface area (Å²) >= 11 is 0. The van der Waals surface area contributed by atoms with Crippen molar-refractivity contribution in [1.29, 1.82) is 0 Å². The van der Waals surface area contributed by atoms with Gasteiger partial charge in [-0.15, -0.1) is 0 Å². The van der Waals surface area contributed by atoms with Crippen molar-refractivity contribution in [2.75, 3.05) is 18.4 Å². The molecule has 1 heterocycles. The second-order valence-corrected chi connectivity index (χ2v) is 8.52. The number of likely N-dealkylation sites (tertiary alicyclic amines) is 1. The number of hydrogen-bond acceptors (Lipinski definition) is 3. The Bertz CT molecular complexity index is 967. The Labute approximate surface area is 189 Å². The van der Waals surface area contributed by atoms with Crippen molar-refractivity contribution in [3.8, 4) is 0 Å². The van der Waals surface area contributed by atoms with Gasteiger partial charge < -0.3 is 20.9 Å². The number of urea groups is 1. The highest BCUT2D eigenvalue weighted by Gasteiger charge is 2.27. The number of hydrogen-bond donors (Lipinski definition) is 3. The van der Waals surface area contributed by atoms with Crippen LogP contribution in [0.2, 0.25) is 0 Å². The Morgan fingerprint density at radius 2 is 1.66 bits per heavy atom. The van der Waals surface area contributed by atoms with Crippen LogP contribution in [0.1, 0.15) is 36.5 Å². The number of rotatable bonds is 6. The standard InChI is InChI=1S/C25H32N4O3/c1-17-6-4-8-20(14-17)16-23(26-19(3)30)24(31)27-21-10-12-29(13-11-21)25(32)28-22-9-5-7-18(2)15-22/h4-9,14-15,21,23H,10-13,16H2,1-3H3,(H,26,30)(H,27,31)(H,28,32)/t23-/m1/s1. The number of nitrogens with zero attached hydrogens (tertiary/aromatic N) is 1. The van der Waals surface area contributed by atoms with Crippen LogP contribution in [0.4, 0.5) is 10.5 Å². The maximum Gasteiger partial charge on any atom is 0.321 e. The molecule has 0 radical (unpaired) electrons. The Balaban J connectivity index is 1.52. The molecule has 7 nitrogen and oxygen atoms in total. The molecule has 1 atom stereocenters. The van der Waals surface area contributed by atoms with Gasteiger partial charge in [-0.25, -0.2) is 4.79 Å². The zero-order chi connectivity index (χ0) is 23.1. The monoisotopic (exact) mass is 436 g/mol. The summed E-state index contributed by atoms with van der Waals surface area (Å²) in [6.45, 7) is 6.52. The van der Waals surface area contributed by atoms with E-state index in [0.29, 0.717) is 32.4 Å². The van der Waals surface area contributed by atoms with Crippen LogP contribution in [-0.4, -0.2) is 47.9 Å². The lowest BCUT2D eigenvalue weighted by atomic mass is 10.0. The van der Waals surface area contributed by atoms with Crippen LogP contribution in [0.15, 0.2) is 48.5 Å². The van der Waals surface area contributed by atoms with Crippen molar-refractivity contribution >= 4 is 23.5 Å². The van der Waals surface area contributed by atoms with Crippen LogP contribution in [0.3, 0.4) is 0 Å². The van der Waals surface area contributed by atoms with Gasteiger partial charge in [0.15, 0.2) is 0 Å². The van der Waals surface area contributed by atoms with E-state index >= 15 is 0 Å². The highest BCUT2D eigenvalue weighted by molar-refractivity contribution is 5.89. The first-order valence-corrected chi connectivity index (χ1v) is 11.1. The third-order valence-electron chi connectivity index (χ3n) is 5.61. The summed E-state index contributed by atoms with van der Waals surface area (Å²) in [6.07, 6.45) is 1.78. The fourth-order valence-electron chi connectivity index (χ4n) is 3.98. The van der Waals surface area contributed by atoms with E-state index in [9.17, 15) is 14.4 Å². The number of carbonyl (C=O) groups is 3. The smallest absolute Gasteiger partial charge is 0.321 e. The van der Waals surface area contributed by atoms with Crippen LogP contribution >= 0.6 is 0 Å². The molecule has 1 aliphatic rings. The van der Waals surface area contributed by atoms with Gasteiger partial charge in [0.05, 0.1) is 0 Å². The summed E-state index contributed by atoms with van der Waals surface area (Å²) in [5, 5.41) is 8.77. The Morgan fingerprint density at radius 3 is 2.28 bits per heavy atom. The lowest BCUT2D eigenvalue weighted by Gasteiger charge is -2.33. The molecule has 170 valence electrons. The molecule has 0 aromatic heterocycles. The molecular formula is C25H32N4O3. The normalized spacial score (nSPS) is 15.0. The molecule has 2 aromatic rings. The van der Waals surface area contributed by atoms with Gasteiger partial charge in [-0.05, 0) is 49.9 Å². The van der Waals surface area contributed by atoms with Gasteiger partial charge in [-0.2, -0.15) is 0 Å². The predicted molar refractivity (Wildman–Crippen MR) is 125 cm³/mol. The quantitative estimate of drug-likeness (QED) is 0.650. The van der Waals surface area contributed by atoms with Crippen molar-refractivity contribution in [3.63, 3.8) is 0 Å². The Morgan fingerprint density at radius 1 is 1.00 bits per heavy atom. The van der Waals surface area contributed by atoms with Gasteiger partial charge in [-0.3, -0.25) is 9.59 Å². The van der Waals surface area contributed by atoms with Gasteiger partial charge >= 0.3 is 6.03 Å². The molecule has 0 spiro atoms. The highest BCUT2D eigenvalue weighted by atomic mass is 16.2. The number of aryl methyl sites for hydroxylation is 2. The average Bonchev–Trinajstić information content (AvgIpc) is 2.73. The number of benzene rings is 2. The summed E-state index contributed by atoms with van der Waals surface area (Å²) < 4.78 is 0. The first kappa shape index (κ1) is 23.3. The summed E-state index contributed by atoms with van der Waals surface area (Å²) in [7, 11) is 0. The van der Waals surface area contributed by atoms with Gasteiger partial charge in [-0.1, -0.05) is 42.0 Å². The molecule has 3 rings (SSSR count). The topological polar surface area (TPSA) is 90.5 Å². The number of piperidine rings is 1. The third-order valence-corrected chi connectivity index (χ3v) is 5.61. The van der Waals surface area contributed by atoms with E-state index in [1.165, 1.54) is 6.92 Å². The molecule has 1 aliphatic heterocycles. The highest BCUT2D eigenvalue weighted by Crippen LogP contribution is 2.15. The van der Waals surface area contributed by atoms with Crippen molar-refractivity contribution in [2.45, 2.75) is 52.1 Å². The molecule has 0 unspecified atom stereocenters. The molecular weight excluding hydrogens is 404 g/mol. The summed E-state index contributed by atoms with van der Waals surface area (Å²) in [5.74, 6) is -0.426. The van der Waals surface area contributed by atoms with Crippen LogP contribution in [0.5, 0.6) is 0 Å². The largest absolute Gasteiger partial charge is 0.351 e. The molecule has 3 N–H and O–H groups in total. The van der Waals surface area contributed by atoms with Crippen LogP contribution < -0.4 is 16.0 Å². The first-order chi connectivity index (χ1) is 15.3. The van der Waals surface area contributed by atoms with E-state index in [1.807, 2.05) is 62.4 Å². The second kappa shape index (κ2) is 10.8.